The van der Waals surface area contributed by atoms with Crippen molar-refractivity contribution in [3.05, 3.63) is 47.2 Å². The molecule has 1 aromatic heterocycles. The van der Waals surface area contributed by atoms with E-state index in [4.69, 9.17) is 10.3 Å². The maximum Gasteiger partial charge on any atom is 0.249 e. The molecule has 0 aliphatic rings. The highest BCUT2D eigenvalue weighted by atomic mass is 16.5. The molecule has 0 fully saturated rings. The lowest BCUT2D eigenvalue weighted by molar-refractivity contribution is 0.100. The van der Waals surface area contributed by atoms with E-state index in [0.29, 0.717) is 28.0 Å². The van der Waals surface area contributed by atoms with E-state index in [-0.39, 0.29) is 0 Å². The molecule has 3 N–H and O–H groups in total. The van der Waals surface area contributed by atoms with Crippen molar-refractivity contribution in [2.75, 3.05) is 11.9 Å². The summed E-state index contributed by atoms with van der Waals surface area (Å²) in [7, 11) is 0. The minimum Gasteiger partial charge on any atom is -0.385 e. The van der Waals surface area contributed by atoms with Crippen LogP contribution in [0, 0.1) is 18.3 Å². The van der Waals surface area contributed by atoms with Gasteiger partial charge in [0, 0.05) is 28.9 Å². The quantitative estimate of drug-likeness (QED) is 0.741. The maximum absolute atomic E-state index is 12.0. The Hall–Kier alpha value is -3.33. The first kappa shape index (κ1) is 16.5. The van der Waals surface area contributed by atoms with Gasteiger partial charge in [-0.25, -0.2) is 0 Å². The normalized spacial score (nSPS) is 10.6. The van der Waals surface area contributed by atoms with Gasteiger partial charge in [0.15, 0.2) is 5.58 Å². The molecule has 0 saturated heterocycles. The smallest absolute Gasteiger partial charge is 0.249 e. The predicted molar refractivity (Wildman–Crippen MR) is 96.2 cm³/mol. The molecule has 0 unspecified atom stereocenters. The Balaban J connectivity index is 2.35. The summed E-state index contributed by atoms with van der Waals surface area (Å²) in [5, 5.41) is 17.3. The molecule has 0 aliphatic carbocycles. The summed E-state index contributed by atoms with van der Waals surface area (Å²) < 4.78 is 5.34. The van der Waals surface area contributed by atoms with Gasteiger partial charge in [-0.15, -0.1) is 0 Å². The lowest BCUT2D eigenvalue weighted by Gasteiger charge is -2.15. The number of fused-ring (bicyclic) bond motifs is 1. The van der Waals surface area contributed by atoms with Gasteiger partial charge in [0.05, 0.1) is 22.7 Å². The monoisotopic (exact) mass is 334 g/mol. The third-order valence-electron chi connectivity index (χ3n) is 4.06. The molecule has 3 rings (SSSR count). The van der Waals surface area contributed by atoms with Crippen LogP contribution in [0.15, 0.2) is 34.9 Å². The van der Waals surface area contributed by atoms with Gasteiger partial charge in [-0.2, -0.15) is 5.26 Å². The van der Waals surface area contributed by atoms with Gasteiger partial charge < -0.3 is 15.6 Å². The summed E-state index contributed by atoms with van der Waals surface area (Å²) in [4.78, 5) is 12.0. The highest BCUT2D eigenvalue weighted by molar-refractivity contribution is 6.10. The minimum absolute atomic E-state index is 0.392. The van der Waals surface area contributed by atoms with E-state index in [1.54, 1.807) is 24.3 Å². The van der Waals surface area contributed by atoms with E-state index >= 15 is 0 Å². The number of benzene rings is 2. The summed E-state index contributed by atoms with van der Waals surface area (Å²) in [5.41, 5.74) is 10.0. The zero-order chi connectivity index (χ0) is 18.0. The number of hydrogen-bond acceptors (Lipinski definition) is 5. The highest BCUT2D eigenvalue weighted by Gasteiger charge is 2.20. The van der Waals surface area contributed by atoms with Crippen molar-refractivity contribution >= 4 is 22.6 Å². The largest absolute Gasteiger partial charge is 0.385 e. The molecular formula is C19H18N4O2. The topological polar surface area (TPSA) is 105 Å². The summed E-state index contributed by atoms with van der Waals surface area (Å²) in [6.07, 6.45) is 0.926. The van der Waals surface area contributed by atoms with E-state index in [0.717, 1.165) is 29.6 Å². The van der Waals surface area contributed by atoms with Crippen LogP contribution in [0.5, 0.6) is 0 Å². The first-order chi connectivity index (χ1) is 12.1. The molecule has 0 aliphatic heterocycles. The highest BCUT2D eigenvalue weighted by Crippen LogP contribution is 2.38. The number of nitriles is 1. The average molecular weight is 334 g/mol. The van der Waals surface area contributed by atoms with Gasteiger partial charge in [0.1, 0.15) is 0 Å². The van der Waals surface area contributed by atoms with Gasteiger partial charge in [-0.05, 0) is 37.6 Å². The molecule has 0 bridgehead atoms. The van der Waals surface area contributed by atoms with Gasteiger partial charge in [-0.1, -0.05) is 18.1 Å². The third-order valence-corrected chi connectivity index (χ3v) is 4.06. The van der Waals surface area contributed by atoms with Crippen LogP contribution in [0.4, 0.5) is 5.69 Å². The number of nitrogens with one attached hydrogen (secondary N) is 1. The van der Waals surface area contributed by atoms with Gasteiger partial charge in [-0.3, -0.25) is 4.79 Å². The average Bonchev–Trinajstić information content (AvgIpc) is 3.00. The first-order valence-electron chi connectivity index (χ1n) is 8.04. The number of anilines is 1. The molecule has 1 heterocycles. The van der Waals surface area contributed by atoms with Crippen LogP contribution in [0.1, 0.15) is 35.0 Å². The van der Waals surface area contributed by atoms with Crippen molar-refractivity contribution in [2.45, 2.75) is 20.3 Å². The van der Waals surface area contributed by atoms with Crippen LogP contribution < -0.4 is 11.1 Å². The molecule has 25 heavy (non-hydrogen) atoms. The number of hydrogen-bond donors (Lipinski definition) is 2. The SMILES string of the molecule is CCCNc1cc(C#N)ccc1-c1c(C(N)=O)ccc2onc(C)c12. The Bertz CT molecular complexity index is 999. The van der Waals surface area contributed by atoms with Crippen LogP contribution >= 0.6 is 0 Å². The fourth-order valence-corrected chi connectivity index (χ4v) is 2.90. The minimum atomic E-state index is -0.525. The molecule has 3 aromatic rings. The first-order valence-corrected chi connectivity index (χ1v) is 8.04. The molecule has 2 aromatic carbocycles. The van der Waals surface area contributed by atoms with Crippen molar-refractivity contribution < 1.29 is 9.32 Å². The second-order valence-corrected chi connectivity index (χ2v) is 5.79. The summed E-state index contributed by atoms with van der Waals surface area (Å²) >= 11 is 0. The number of aryl methyl sites for hydroxylation is 1. The number of nitrogens with two attached hydrogens (primary N) is 1. The van der Waals surface area contributed by atoms with Crippen molar-refractivity contribution in [1.82, 2.24) is 5.16 Å². The van der Waals surface area contributed by atoms with Crippen LogP contribution in [-0.4, -0.2) is 17.6 Å². The number of carbonyl (C=O) groups excluding carboxylic acids is 1. The Morgan fingerprint density at radius 1 is 1.36 bits per heavy atom. The molecular weight excluding hydrogens is 316 g/mol. The van der Waals surface area contributed by atoms with Crippen LogP contribution in [0.3, 0.4) is 0 Å². The number of nitrogens with zero attached hydrogens (tertiary/aromatic N) is 2. The van der Waals surface area contributed by atoms with E-state index in [9.17, 15) is 10.1 Å². The molecule has 0 saturated carbocycles. The van der Waals surface area contributed by atoms with Crippen molar-refractivity contribution in [3.63, 3.8) is 0 Å². The van der Waals surface area contributed by atoms with E-state index in [1.807, 2.05) is 13.0 Å². The van der Waals surface area contributed by atoms with Crippen LogP contribution in [0.2, 0.25) is 0 Å². The number of aromatic nitrogens is 1. The number of amides is 1. The van der Waals surface area contributed by atoms with Crippen molar-refractivity contribution in [2.24, 2.45) is 5.73 Å². The molecule has 0 atom stereocenters. The molecule has 1 amide bonds. The number of rotatable bonds is 5. The number of primary amides is 1. The lowest BCUT2D eigenvalue weighted by atomic mass is 9.92. The fourth-order valence-electron chi connectivity index (χ4n) is 2.90. The van der Waals surface area contributed by atoms with Crippen molar-refractivity contribution in [1.29, 1.82) is 5.26 Å². The standard InChI is InChI=1S/C19H18N4O2/c1-3-8-22-15-9-12(10-20)4-5-13(15)18-14(19(21)24)6-7-16-17(18)11(2)23-25-16/h4-7,9,22H,3,8H2,1-2H3,(H2,21,24). The Labute approximate surface area is 145 Å². The summed E-state index contributed by atoms with van der Waals surface area (Å²) in [6, 6.07) is 10.8. The predicted octanol–water partition coefficient (Wildman–Crippen LogP) is 3.60. The molecule has 6 nitrogen and oxygen atoms in total. The summed E-state index contributed by atoms with van der Waals surface area (Å²) in [5.74, 6) is -0.525. The zero-order valence-electron chi connectivity index (χ0n) is 14.1. The van der Waals surface area contributed by atoms with Crippen LogP contribution in [-0.2, 0) is 0 Å². The lowest BCUT2D eigenvalue weighted by Crippen LogP contribution is -2.13. The van der Waals surface area contributed by atoms with Crippen molar-refractivity contribution in [3.8, 4) is 17.2 Å². The molecule has 6 heteroatoms. The van der Waals surface area contributed by atoms with E-state index in [1.165, 1.54) is 0 Å². The van der Waals surface area contributed by atoms with Gasteiger partial charge >= 0.3 is 0 Å². The third kappa shape index (κ3) is 2.92. The molecule has 126 valence electrons. The van der Waals surface area contributed by atoms with Gasteiger partial charge in [0.25, 0.3) is 0 Å². The van der Waals surface area contributed by atoms with E-state index in [2.05, 4.69) is 23.5 Å². The van der Waals surface area contributed by atoms with E-state index < -0.39 is 5.91 Å². The Morgan fingerprint density at radius 2 is 2.16 bits per heavy atom. The molecule has 0 spiro atoms. The second kappa shape index (κ2) is 6.65. The Kier molecular flexibility index (Phi) is 4.40. The maximum atomic E-state index is 12.0. The fraction of sp³-hybridized carbons (Fsp3) is 0.211. The second-order valence-electron chi connectivity index (χ2n) is 5.79. The zero-order valence-corrected chi connectivity index (χ0v) is 14.1. The Morgan fingerprint density at radius 3 is 2.84 bits per heavy atom. The number of carbonyl (C=O) groups is 1. The summed E-state index contributed by atoms with van der Waals surface area (Å²) in [6.45, 7) is 4.62. The molecule has 0 radical (unpaired) electrons. The van der Waals surface area contributed by atoms with Gasteiger partial charge in [0.2, 0.25) is 5.91 Å². The van der Waals surface area contributed by atoms with Crippen LogP contribution in [0.25, 0.3) is 22.1 Å².